The Bertz CT molecular complexity index is 1440. The molecule has 0 fully saturated rings. The number of hydrogen-bond acceptors (Lipinski definition) is 6. The van der Waals surface area contributed by atoms with E-state index in [1.165, 1.54) is 11.0 Å². The zero-order valence-electron chi connectivity index (χ0n) is 22.1. The molecule has 210 valence electrons. The molecule has 3 N–H and O–H groups in total. The largest absolute Gasteiger partial charge is 0.394 e. The van der Waals surface area contributed by atoms with E-state index in [4.69, 9.17) is 22.9 Å². The Hall–Kier alpha value is -4.26. The maximum Gasteiger partial charge on any atom is 0.254 e. The van der Waals surface area contributed by atoms with Gasteiger partial charge in [0.2, 0.25) is 0 Å². The zero-order valence-corrected chi connectivity index (χ0v) is 22.9. The van der Waals surface area contributed by atoms with E-state index in [9.17, 15) is 19.8 Å². The number of aromatic nitrogens is 1. The predicted octanol–water partition coefficient (Wildman–Crippen LogP) is 4.03. The minimum absolute atomic E-state index is 0.0344. The molecule has 1 aliphatic rings. The van der Waals surface area contributed by atoms with E-state index in [1.54, 1.807) is 85.1 Å². The van der Waals surface area contributed by atoms with Gasteiger partial charge in [0.25, 0.3) is 11.8 Å². The van der Waals surface area contributed by atoms with Crippen molar-refractivity contribution in [1.82, 2.24) is 15.4 Å². The molecule has 9 heteroatoms. The van der Waals surface area contributed by atoms with Crippen molar-refractivity contribution in [3.63, 3.8) is 0 Å². The number of aliphatic hydroxyl groups excluding tert-OH is 2. The first kappa shape index (κ1) is 29.7. The first-order valence-corrected chi connectivity index (χ1v) is 13.4. The summed E-state index contributed by atoms with van der Waals surface area (Å²) in [6.07, 6.45) is 10.5. The molecule has 1 aliphatic heterocycles. The van der Waals surface area contributed by atoms with E-state index in [1.807, 2.05) is 6.07 Å². The van der Waals surface area contributed by atoms with Crippen LogP contribution in [0.15, 0.2) is 102 Å². The first-order chi connectivity index (χ1) is 20.0. The highest BCUT2D eigenvalue weighted by atomic mass is 35.5. The summed E-state index contributed by atoms with van der Waals surface area (Å²) in [5.74, 6) is 0.516. The minimum Gasteiger partial charge on any atom is -0.394 e. The molecule has 0 bridgehead atoms. The number of nitrogens with one attached hydrogen (secondary N) is 1. The molecule has 0 saturated carbocycles. The summed E-state index contributed by atoms with van der Waals surface area (Å²) >= 11 is 6.16. The van der Waals surface area contributed by atoms with Gasteiger partial charge in [0.15, 0.2) is 0 Å². The number of rotatable bonds is 11. The summed E-state index contributed by atoms with van der Waals surface area (Å²) in [6.45, 7) is -0.515. The van der Waals surface area contributed by atoms with Crippen molar-refractivity contribution in [3.8, 4) is 12.3 Å². The second kappa shape index (κ2) is 14.4. The molecule has 0 spiro atoms. The van der Waals surface area contributed by atoms with Gasteiger partial charge in [-0.15, -0.1) is 6.42 Å². The number of fused-ring (bicyclic) bond motifs is 1. The van der Waals surface area contributed by atoms with E-state index < -0.39 is 42.5 Å². The molecule has 2 amide bonds. The van der Waals surface area contributed by atoms with Gasteiger partial charge in [0.05, 0.1) is 30.3 Å². The van der Waals surface area contributed by atoms with Crippen molar-refractivity contribution in [3.05, 3.63) is 125 Å². The molecular formula is C32H30ClN3O5. The van der Waals surface area contributed by atoms with Gasteiger partial charge in [-0.2, -0.15) is 0 Å². The lowest BCUT2D eigenvalue weighted by molar-refractivity contribution is -0.138. The van der Waals surface area contributed by atoms with Crippen LogP contribution in [0.1, 0.15) is 45.6 Å². The van der Waals surface area contributed by atoms with Crippen LogP contribution in [-0.2, 0) is 16.2 Å². The number of nitrogens with zero attached hydrogens (tertiary/aromatic N) is 2. The molecule has 0 unspecified atom stereocenters. The van der Waals surface area contributed by atoms with Crippen LogP contribution in [0.4, 0.5) is 0 Å². The average molecular weight is 572 g/mol. The van der Waals surface area contributed by atoms with E-state index >= 15 is 0 Å². The van der Waals surface area contributed by atoms with E-state index in [0.717, 1.165) is 0 Å². The lowest BCUT2D eigenvalue weighted by Crippen LogP contribution is -2.58. The number of pyridine rings is 1. The maximum atomic E-state index is 14.0. The van der Waals surface area contributed by atoms with Gasteiger partial charge in [-0.05, 0) is 41.8 Å². The lowest BCUT2D eigenvalue weighted by atomic mass is 9.79. The molecule has 0 saturated heterocycles. The average Bonchev–Trinajstić information content (AvgIpc) is 3.00. The van der Waals surface area contributed by atoms with E-state index in [-0.39, 0.29) is 13.0 Å². The van der Waals surface area contributed by atoms with Gasteiger partial charge >= 0.3 is 0 Å². The molecule has 4 atom stereocenters. The molecule has 2 heterocycles. The van der Waals surface area contributed by atoms with Gasteiger partial charge in [-0.3, -0.25) is 19.4 Å². The Morgan fingerprint density at radius 2 is 1.88 bits per heavy atom. The Balaban J connectivity index is 1.73. The number of halogens is 1. The van der Waals surface area contributed by atoms with Crippen molar-refractivity contribution in [2.75, 3.05) is 6.61 Å². The molecule has 41 heavy (non-hydrogen) atoms. The molecule has 0 radical (unpaired) electrons. The van der Waals surface area contributed by atoms with Crippen LogP contribution in [0.25, 0.3) is 0 Å². The van der Waals surface area contributed by atoms with Crippen LogP contribution in [0.5, 0.6) is 0 Å². The number of aliphatic hydroxyl groups is 2. The Labute approximate surface area is 243 Å². The van der Waals surface area contributed by atoms with E-state index in [0.29, 0.717) is 27.4 Å². The number of allylic oxidation sites excluding steroid dienone is 3. The summed E-state index contributed by atoms with van der Waals surface area (Å²) in [4.78, 5) is 38.8. The fraction of sp³-hybridized carbons (Fsp3) is 0.219. The van der Waals surface area contributed by atoms with Gasteiger partial charge in [0.1, 0.15) is 12.7 Å². The Morgan fingerprint density at radius 1 is 1.15 bits per heavy atom. The SMILES string of the molecule is C#C/C=C(Cl)\C=C/C[C@@H]1[C@@H](C(=O)NOCc2ccccn2)c2ccccc2C(=O)N1[C@@H](CO)[C@@H](O)c1ccccc1. The molecule has 8 nitrogen and oxygen atoms in total. The number of hydroxylamine groups is 1. The van der Waals surface area contributed by atoms with Crippen LogP contribution in [-0.4, -0.2) is 50.6 Å². The monoisotopic (exact) mass is 571 g/mol. The summed E-state index contributed by atoms with van der Waals surface area (Å²) in [5, 5.41) is 22.1. The highest BCUT2D eigenvalue weighted by molar-refractivity contribution is 6.31. The summed E-state index contributed by atoms with van der Waals surface area (Å²) in [6, 6.07) is 19.0. The molecule has 4 rings (SSSR count). The first-order valence-electron chi connectivity index (χ1n) is 13.0. The molecule has 0 aliphatic carbocycles. The fourth-order valence-electron chi connectivity index (χ4n) is 4.97. The second-order valence-corrected chi connectivity index (χ2v) is 9.80. The van der Waals surface area contributed by atoms with Gasteiger partial charge < -0.3 is 15.1 Å². The quantitative estimate of drug-likeness (QED) is 0.182. The number of carbonyl (C=O) groups is 2. The van der Waals surface area contributed by atoms with Crippen molar-refractivity contribution in [2.24, 2.45) is 0 Å². The smallest absolute Gasteiger partial charge is 0.254 e. The van der Waals surface area contributed by atoms with Gasteiger partial charge in [0, 0.05) is 22.9 Å². The number of amides is 2. The highest BCUT2D eigenvalue weighted by Gasteiger charge is 2.47. The zero-order chi connectivity index (χ0) is 29.2. The van der Waals surface area contributed by atoms with Crippen LogP contribution in [0, 0.1) is 12.3 Å². The molecule has 2 aromatic carbocycles. The minimum atomic E-state index is -1.23. The van der Waals surface area contributed by atoms with Crippen molar-refractivity contribution >= 4 is 23.4 Å². The van der Waals surface area contributed by atoms with Crippen molar-refractivity contribution < 1.29 is 24.6 Å². The third-order valence-electron chi connectivity index (χ3n) is 6.83. The Morgan fingerprint density at radius 3 is 2.59 bits per heavy atom. The van der Waals surface area contributed by atoms with Crippen LogP contribution >= 0.6 is 11.6 Å². The number of terminal acetylenes is 1. The topological polar surface area (TPSA) is 112 Å². The third-order valence-corrected chi connectivity index (χ3v) is 7.07. The van der Waals surface area contributed by atoms with Crippen LogP contribution in [0.3, 0.4) is 0 Å². The van der Waals surface area contributed by atoms with Crippen molar-refractivity contribution in [2.45, 2.75) is 37.1 Å². The number of carbonyl (C=O) groups excluding carboxylic acids is 2. The van der Waals surface area contributed by atoms with Gasteiger partial charge in [-0.1, -0.05) is 78.2 Å². The molecule has 3 aromatic rings. The number of benzene rings is 2. The van der Waals surface area contributed by atoms with Crippen LogP contribution in [0.2, 0.25) is 0 Å². The number of hydrogen-bond donors (Lipinski definition) is 3. The molecular weight excluding hydrogens is 542 g/mol. The standard InChI is InChI=1S/C32H30ClN3O5/c1-2-11-23(33)14-10-18-27-29(31(39)35-41-21-24-15-8-9-19-34-24)25-16-6-7-17-26(25)32(40)36(27)28(20-37)30(38)22-12-4-3-5-13-22/h1,3-17,19,27-30,37-38H,18,20-21H2,(H,35,39)/b14-10-,23-11+/t27-,28+,29+,30+/m1/s1. The third kappa shape index (κ3) is 7.09. The van der Waals surface area contributed by atoms with Crippen LogP contribution < -0.4 is 5.48 Å². The fourth-order valence-corrected chi connectivity index (χ4v) is 5.12. The van der Waals surface area contributed by atoms with E-state index in [2.05, 4.69) is 16.4 Å². The highest BCUT2D eigenvalue weighted by Crippen LogP contribution is 2.39. The lowest BCUT2D eigenvalue weighted by Gasteiger charge is -2.46. The normalized spacial score (nSPS) is 18.4. The predicted molar refractivity (Wildman–Crippen MR) is 155 cm³/mol. The summed E-state index contributed by atoms with van der Waals surface area (Å²) in [7, 11) is 0. The van der Waals surface area contributed by atoms with Gasteiger partial charge in [-0.25, -0.2) is 5.48 Å². The maximum absolute atomic E-state index is 14.0. The second-order valence-electron chi connectivity index (χ2n) is 9.36. The molecule has 1 aromatic heterocycles. The summed E-state index contributed by atoms with van der Waals surface area (Å²) < 4.78 is 0. The Kier molecular flexibility index (Phi) is 10.4. The summed E-state index contributed by atoms with van der Waals surface area (Å²) in [5.41, 5.74) is 4.45. The van der Waals surface area contributed by atoms with Crippen molar-refractivity contribution in [1.29, 1.82) is 0 Å².